The van der Waals surface area contributed by atoms with E-state index < -0.39 is 0 Å². The molecule has 2 aromatic rings. The second-order valence-electron chi connectivity index (χ2n) is 6.09. The summed E-state index contributed by atoms with van der Waals surface area (Å²) in [5.41, 5.74) is 2.02. The SMILES string of the molecule is O=C1CO[C@@H](COCc2ccccc2)CN1[C@@H](CO)c1ccccc1. The van der Waals surface area contributed by atoms with Gasteiger partial charge in [0.25, 0.3) is 0 Å². The highest BCUT2D eigenvalue weighted by Crippen LogP contribution is 2.23. The van der Waals surface area contributed by atoms with Crippen molar-refractivity contribution < 1.29 is 19.4 Å². The molecule has 0 saturated carbocycles. The molecule has 2 atom stereocenters. The van der Waals surface area contributed by atoms with Gasteiger partial charge in [0.05, 0.1) is 32.0 Å². The highest BCUT2D eigenvalue weighted by atomic mass is 16.5. The minimum Gasteiger partial charge on any atom is -0.394 e. The Morgan fingerprint density at radius 2 is 1.80 bits per heavy atom. The molecule has 5 nitrogen and oxygen atoms in total. The van der Waals surface area contributed by atoms with Crippen LogP contribution >= 0.6 is 0 Å². The van der Waals surface area contributed by atoms with Crippen molar-refractivity contribution in [2.75, 3.05) is 26.4 Å². The van der Waals surface area contributed by atoms with Crippen LogP contribution in [-0.2, 0) is 20.9 Å². The van der Waals surface area contributed by atoms with E-state index in [9.17, 15) is 9.90 Å². The van der Waals surface area contributed by atoms with Gasteiger partial charge in [0, 0.05) is 6.54 Å². The van der Waals surface area contributed by atoms with Crippen LogP contribution in [0.2, 0.25) is 0 Å². The molecule has 132 valence electrons. The zero-order chi connectivity index (χ0) is 17.5. The number of amides is 1. The molecule has 1 amide bonds. The van der Waals surface area contributed by atoms with Gasteiger partial charge in [0.1, 0.15) is 6.61 Å². The Labute approximate surface area is 147 Å². The number of benzene rings is 2. The van der Waals surface area contributed by atoms with Crippen molar-refractivity contribution >= 4 is 5.91 Å². The first-order chi connectivity index (χ1) is 12.3. The lowest BCUT2D eigenvalue weighted by atomic mass is 10.0. The van der Waals surface area contributed by atoms with Crippen molar-refractivity contribution in [1.82, 2.24) is 4.90 Å². The van der Waals surface area contributed by atoms with Crippen molar-refractivity contribution in [3.8, 4) is 0 Å². The van der Waals surface area contributed by atoms with Crippen LogP contribution in [0.15, 0.2) is 60.7 Å². The average Bonchev–Trinajstić information content (AvgIpc) is 2.66. The lowest BCUT2D eigenvalue weighted by molar-refractivity contribution is -0.158. The molecule has 0 radical (unpaired) electrons. The maximum atomic E-state index is 12.3. The van der Waals surface area contributed by atoms with E-state index in [1.54, 1.807) is 4.90 Å². The second-order valence-corrected chi connectivity index (χ2v) is 6.09. The predicted molar refractivity (Wildman–Crippen MR) is 93.8 cm³/mol. The summed E-state index contributed by atoms with van der Waals surface area (Å²) in [6, 6.07) is 19.2. The molecule has 0 aliphatic carbocycles. The van der Waals surface area contributed by atoms with Crippen molar-refractivity contribution in [2.45, 2.75) is 18.8 Å². The minimum atomic E-state index is -0.353. The zero-order valence-corrected chi connectivity index (χ0v) is 14.1. The number of hydrogen-bond acceptors (Lipinski definition) is 4. The second kappa shape index (κ2) is 8.76. The van der Waals surface area contributed by atoms with Crippen LogP contribution in [0.4, 0.5) is 0 Å². The number of carbonyl (C=O) groups is 1. The van der Waals surface area contributed by atoms with Crippen LogP contribution in [0.5, 0.6) is 0 Å². The number of nitrogens with zero attached hydrogens (tertiary/aromatic N) is 1. The molecular formula is C20H23NO4. The molecule has 5 heteroatoms. The first-order valence-corrected chi connectivity index (χ1v) is 8.46. The summed E-state index contributed by atoms with van der Waals surface area (Å²) in [5.74, 6) is -0.109. The van der Waals surface area contributed by atoms with E-state index in [-0.39, 0.29) is 31.3 Å². The molecule has 1 heterocycles. The fourth-order valence-corrected chi connectivity index (χ4v) is 2.99. The number of hydrogen-bond donors (Lipinski definition) is 1. The first-order valence-electron chi connectivity index (χ1n) is 8.46. The van der Waals surface area contributed by atoms with Crippen molar-refractivity contribution in [3.63, 3.8) is 0 Å². The third kappa shape index (κ3) is 4.66. The molecule has 0 aromatic heterocycles. The fourth-order valence-electron chi connectivity index (χ4n) is 2.99. The summed E-state index contributed by atoms with van der Waals surface area (Å²) in [7, 11) is 0. The van der Waals surface area contributed by atoms with E-state index in [2.05, 4.69) is 0 Å². The molecule has 1 N–H and O–H groups in total. The van der Waals surface area contributed by atoms with E-state index in [0.29, 0.717) is 19.8 Å². The minimum absolute atomic E-state index is 0.0166. The van der Waals surface area contributed by atoms with Gasteiger partial charge in [-0.15, -0.1) is 0 Å². The summed E-state index contributed by atoms with van der Waals surface area (Å²) in [6.07, 6.45) is -0.195. The van der Waals surface area contributed by atoms with Crippen LogP contribution < -0.4 is 0 Å². The Morgan fingerprint density at radius 1 is 1.12 bits per heavy atom. The van der Waals surface area contributed by atoms with Gasteiger partial charge >= 0.3 is 0 Å². The van der Waals surface area contributed by atoms with Gasteiger partial charge in [-0.1, -0.05) is 60.7 Å². The summed E-state index contributed by atoms with van der Waals surface area (Å²) in [6.45, 7) is 1.23. The number of carbonyl (C=O) groups excluding carboxylic acids is 1. The van der Waals surface area contributed by atoms with Crippen LogP contribution in [0.1, 0.15) is 17.2 Å². The molecule has 0 spiro atoms. The fraction of sp³-hybridized carbons (Fsp3) is 0.350. The van der Waals surface area contributed by atoms with Crippen molar-refractivity contribution in [2.24, 2.45) is 0 Å². The normalized spacial score (nSPS) is 19.0. The smallest absolute Gasteiger partial charge is 0.249 e. The summed E-state index contributed by atoms with van der Waals surface area (Å²) >= 11 is 0. The molecule has 3 rings (SSSR count). The van der Waals surface area contributed by atoms with Gasteiger partial charge in [0.15, 0.2) is 0 Å². The van der Waals surface area contributed by atoms with Crippen LogP contribution in [-0.4, -0.2) is 48.4 Å². The Hall–Kier alpha value is -2.21. The molecule has 1 aliphatic heterocycles. The first kappa shape index (κ1) is 17.6. The highest BCUT2D eigenvalue weighted by Gasteiger charge is 2.32. The van der Waals surface area contributed by atoms with Gasteiger partial charge in [-0.25, -0.2) is 0 Å². The van der Waals surface area contributed by atoms with E-state index in [0.717, 1.165) is 11.1 Å². The topological polar surface area (TPSA) is 59.0 Å². The lowest BCUT2D eigenvalue weighted by Gasteiger charge is -2.37. The predicted octanol–water partition coefficient (Wildman–Crippen LogP) is 2.16. The van der Waals surface area contributed by atoms with Crippen LogP contribution in [0.3, 0.4) is 0 Å². The highest BCUT2D eigenvalue weighted by molar-refractivity contribution is 5.78. The molecule has 2 aromatic carbocycles. The Kier molecular flexibility index (Phi) is 6.17. The number of aliphatic hydroxyl groups is 1. The number of aliphatic hydroxyl groups excluding tert-OH is 1. The Morgan fingerprint density at radius 3 is 2.48 bits per heavy atom. The number of rotatable bonds is 7. The van der Waals surface area contributed by atoms with E-state index in [4.69, 9.17) is 9.47 Å². The quantitative estimate of drug-likeness (QED) is 0.838. The summed E-state index contributed by atoms with van der Waals surface area (Å²) < 4.78 is 11.3. The summed E-state index contributed by atoms with van der Waals surface area (Å²) in [4.78, 5) is 13.9. The van der Waals surface area contributed by atoms with E-state index >= 15 is 0 Å². The largest absolute Gasteiger partial charge is 0.394 e. The summed E-state index contributed by atoms with van der Waals surface area (Å²) in [5, 5.41) is 9.79. The molecule has 0 unspecified atom stereocenters. The van der Waals surface area contributed by atoms with Crippen molar-refractivity contribution in [3.05, 3.63) is 71.8 Å². The maximum Gasteiger partial charge on any atom is 0.249 e. The van der Waals surface area contributed by atoms with Gasteiger partial charge in [-0.2, -0.15) is 0 Å². The zero-order valence-electron chi connectivity index (χ0n) is 14.1. The van der Waals surface area contributed by atoms with Crippen molar-refractivity contribution in [1.29, 1.82) is 0 Å². The monoisotopic (exact) mass is 341 g/mol. The number of morpholine rings is 1. The molecule has 25 heavy (non-hydrogen) atoms. The van der Waals surface area contributed by atoms with E-state index in [1.165, 1.54) is 0 Å². The lowest BCUT2D eigenvalue weighted by Crippen LogP contribution is -2.50. The number of ether oxygens (including phenoxy) is 2. The van der Waals surface area contributed by atoms with E-state index in [1.807, 2.05) is 60.7 Å². The van der Waals surface area contributed by atoms with Crippen LogP contribution in [0, 0.1) is 0 Å². The molecule has 0 bridgehead atoms. The van der Waals surface area contributed by atoms with Gasteiger partial charge in [-0.3, -0.25) is 4.79 Å². The molecule has 1 fully saturated rings. The van der Waals surface area contributed by atoms with Gasteiger partial charge in [0.2, 0.25) is 5.91 Å². The molecular weight excluding hydrogens is 318 g/mol. The van der Waals surface area contributed by atoms with Gasteiger partial charge in [-0.05, 0) is 11.1 Å². The average molecular weight is 341 g/mol. The molecule has 1 saturated heterocycles. The molecule has 1 aliphatic rings. The van der Waals surface area contributed by atoms with Gasteiger partial charge < -0.3 is 19.5 Å². The Balaban J connectivity index is 1.58. The Bertz CT molecular complexity index is 662. The standard InChI is InChI=1S/C20H23NO4/c22-12-19(17-9-5-2-6-10-17)21-11-18(25-15-20(21)23)14-24-13-16-7-3-1-4-8-16/h1-10,18-19,22H,11-15H2/t18-,19+/m1/s1. The maximum absolute atomic E-state index is 12.3. The third-order valence-electron chi connectivity index (χ3n) is 4.31. The third-order valence-corrected chi connectivity index (χ3v) is 4.31. The van der Waals surface area contributed by atoms with Crippen LogP contribution in [0.25, 0.3) is 0 Å².